The lowest BCUT2D eigenvalue weighted by Crippen LogP contribution is -2.61. The van der Waals surface area contributed by atoms with E-state index in [1.807, 2.05) is 0 Å². The van der Waals surface area contributed by atoms with Crippen molar-refractivity contribution < 1.29 is 9.90 Å². The van der Waals surface area contributed by atoms with E-state index in [4.69, 9.17) is 5.11 Å². The summed E-state index contributed by atoms with van der Waals surface area (Å²) in [4.78, 5) is 12.1. The van der Waals surface area contributed by atoms with Gasteiger partial charge in [0.25, 0.3) is 0 Å². The van der Waals surface area contributed by atoms with E-state index >= 15 is 0 Å². The molecule has 0 saturated heterocycles. The number of carbonyl (C=O) groups is 1. The molecular weight excluding hydrogens is 284 g/mol. The van der Waals surface area contributed by atoms with Gasteiger partial charge in [-0.1, -0.05) is 0 Å². The Morgan fingerprint density at radius 3 is 2.29 bits per heavy atom. The minimum Gasteiger partial charge on any atom is -0.396 e. The number of aliphatic hydroxyl groups excluding tert-OH is 1. The Labute approximate surface area is 131 Å². The number of thioether (sulfide) groups is 1. The summed E-state index contributed by atoms with van der Waals surface area (Å²) in [5.41, 5.74) is 0.114. The summed E-state index contributed by atoms with van der Waals surface area (Å²) in [6.07, 6.45) is 8.68. The minimum absolute atomic E-state index is 0.0275. The van der Waals surface area contributed by atoms with Crippen LogP contribution >= 0.6 is 11.8 Å². The maximum atomic E-state index is 12.1. The van der Waals surface area contributed by atoms with Crippen molar-refractivity contribution in [3.05, 3.63) is 0 Å². The quantitative estimate of drug-likeness (QED) is 0.633. The number of amides is 2. The molecule has 0 unspecified atom stereocenters. The Hall–Kier alpha value is -0.420. The molecule has 4 aliphatic rings. The Morgan fingerprint density at radius 1 is 1.10 bits per heavy atom. The Morgan fingerprint density at radius 2 is 1.71 bits per heavy atom. The van der Waals surface area contributed by atoms with Crippen LogP contribution in [0.4, 0.5) is 4.79 Å². The van der Waals surface area contributed by atoms with Crippen LogP contribution in [0.5, 0.6) is 0 Å². The molecule has 0 atom stereocenters. The molecule has 0 aromatic carbocycles. The molecule has 0 radical (unpaired) electrons. The molecule has 4 fully saturated rings. The molecule has 4 nitrogen and oxygen atoms in total. The van der Waals surface area contributed by atoms with E-state index in [9.17, 15) is 4.79 Å². The highest BCUT2D eigenvalue weighted by Gasteiger charge is 2.51. The van der Waals surface area contributed by atoms with E-state index in [2.05, 4.69) is 10.6 Å². The second-order valence-corrected chi connectivity index (χ2v) is 8.49. The fourth-order valence-electron chi connectivity index (χ4n) is 5.05. The van der Waals surface area contributed by atoms with Crippen molar-refractivity contribution in [3.8, 4) is 0 Å². The molecule has 4 rings (SSSR count). The van der Waals surface area contributed by atoms with Crippen molar-refractivity contribution in [2.24, 2.45) is 17.8 Å². The van der Waals surface area contributed by atoms with E-state index in [0.717, 1.165) is 35.7 Å². The van der Waals surface area contributed by atoms with Crippen molar-refractivity contribution in [3.63, 3.8) is 0 Å². The first-order valence-corrected chi connectivity index (χ1v) is 9.59. The summed E-state index contributed by atoms with van der Waals surface area (Å²) in [5, 5.41) is 15.0. The number of nitrogens with one attached hydrogen (secondary N) is 2. The molecule has 0 aliphatic heterocycles. The topological polar surface area (TPSA) is 61.4 Å². The second kappa shape index (κ2) is 6.78. The van der Waals surface area contributed by atoms with Gasteiger partial charge in [-0.05, 0) is 68.5 Å². The smallest absolute Gasteiger partial charge is 0.315 e. The molecule has 0 aromatic heterocycles. The van der Waals surface area contributed by atoms with E-state index in [-0.39, 0.29) is 18.2 Å². The first-order chi connectivity index (χ1) is 10.2. The summed E-state index contributed by atoms with van der Waals surface area (Å²) < 4.78 is 0. The SMILES string of the molecule is O=C(NCCSCCCO)NC12CC3CC(CC(C3)C1)C2. The van der Waals surface area contributed by atoms with Crippen molar-refractivity contribution in [1.82, 2.24) is 10.6 Å². The first-order valence-electron chi connectivity index (χ1n) is 8.44. The number of carbonyl (C=O) groups excluding carboxylic acids is 1. The van der Waals surface area contributed by atoms with E-state index in [0.29, 0.717) is 6.54 Å². The van der Waals surface area contributed by atoms with Crippen LogP contribution in [0.15, 0.2) is 0 Å². The normalized spacial score (nSPS) is 36.7. The van der Waals surface area contributed by atoms with Crippen molar-refractivity contribution in [2.75, 3.05) is 24.7 Å². The average molecular weight is 312 g/mol. The molecular formula is C16H28N2O2S. The zero-order valence-corrected chi connectivity index (χ0v) is 13.6. The number of rotatable bonds is 7. The van der Waals surface area contributed by atoms with Crippen molar-refractivity contribution in [1.29, 1.82) is 0 Å². The fraction of sp³-hybridized carbons (Fsp3) is 0.938. The Kier molecular flexibility index (Phi) is 4.99. The van der Waals surface area contributed by atoms with E-state index in [1.54, 1.807) is 11.8 Å². The van der Waals surface area contributed by atoms with Gasteiger partial charge in [-0.25, -0.2) is 4.79 Å². The highest BCUT2D eigenvalue weighted by Crippen LogP contribution is 2.55. The van der Waals surface area contributed by atoms with Gasteiger partial charge < -0.3 is 15.7 Å². The third-order valence-electron chi connectivity index (χ3n) is 5.40. The third-order valence-corrected chi connectivity index (χ3v) is 6.47. The molecule has 0 aromatic rings. The van der Waals surface area contributed by atoms with Gasteiger partial charge in [-0.15, -0.1) is 0 Å². The summed E-state index contributed by atoms with van der Waals surface area (Å²) >= 11 is 1.79. The fourth-order valence-corrected chi connectivity index (χ4v) is 5.84. The van der Waals surface area contributed by atoms with Crippen LogP contribution in [0.1, 0.15) is 44.9 Å². The molecule has 0 heterocycles. The Balaban J connectivity index is 1.39. The number of aliphatic hydroxyl groups is 1. The largest absolute Gasteiger partial charge is 0.396 e. The van der Waals surface area contributed by atoms with Gasteiger partial charge in [0.1, 0.15) is 0 Å². The molecule has 21 heavy (non-hydrogen) atoms. The number of urea groups is 1. The average Bonchev–Trinajstić information content (AvgIpc) is 2.40. The van der Waals surface area contributed by atoms with Crippen LogP contribution in [-0.4, -0.2) is 41.3 Å². The van der Waals surface area contributed by atoms with Crippen LogP contribution in [0.3, 0.4) is 0 Å². The maximum Gasteiger partial charge on any atom is 0.315 e. The predicted molar refractivity (Wildman–Crippen MR) is 86.5 cm³/mol. The molecule has 4 saturated carbocycles. The summed E-state index contributed by atoms with van der Waals surface area (Å²) in [6, 6.07) is 0.0275. The lowest BCUT2D eigenvalue weighted by atomic mass is 9.53. The van der Waals surface area contributed by atoms with Crippen LogP contribution in [0, 0.1) is 17.8 Å². The number of hydrogen-bond acceptors (Lipinski definition) is 3. The van der Waals surface area contributed by atoms with Gasteiger partial charge in [0.15, 0.2) is 0 Å². The summed E-state index contributed by atoms with van der Waals surface area (Å²) in [7, 11) is 0. The van der Waals surface area contributed by atoms with Crippen molar-refractivity contribution in [2.45, 2.75) is 50.5 Å². The van der Waals surface area contributed by atoms with Crippen LogP contribution in [0.25, 0.3) is 0 Å². The maximum absolute atomic E-state index is 12.1. The summed E-state index contributed by atoms with van der Waals surface area (Å²) in [6.45, 7) is 0.973. The lowest BCUT2D eigenvalue weighted by Gasteiger charge is -2.56. The highest BCUT2D eigenvalue weighted by molar-refractivity contribution is 7.99. The predicted octanol–water partition coefficient (Wildman–Crippen LogP) is 2.37. The zero-order valence-electron chi connectivity index (χ0n) is 12.8. The minimum atomic E-state index is 0.0275. The molecule has 4 bridgehead atoms. The molecule has 0 spiro atoms. The van der Waals surface area contributed by atoms with Gasteiger partial charge in [0, 0.05) is 24.4 Å². The highest BCUT2D eigenvalue weighted by atomic mass is 32.2. The Bertz CT molecular complexity index is 340. The van der Waals surface area contributed by atoms with E-state index in [1.165, 1.54) is 38.5 Å². The van der Waals surface area contributed by atoms with Crippen LogP contribution in [0.2, 0.25) is 0 Å². The van der Waals surface area contributed by atoms with Crippen molar-refractivity contribution >= 4 is 17.8 Å². The van der Waals surface area contributed by atoms with Crippen LogP contribution < -0.4 is 10.6 Å². The molecule has 2 amide bonds. The van der Waals surface area contributed by atoms with Crippen LogP contribution in [-0.2, 0) is 0 Å². The summed E-state index contributed by atoms with van der Waals surface area (Å²) in [5.74, 6) is 4.49. The number of hydrogen-bond donors (Lipinski definition) is 3. The standard InChI is InChI=1S/C16H28N2O2S/c19-3-1-4-21-5-2-17-15(20)18-16-9-12-6-13(10-16)8-14(7-12)11-16/h12-14,19H,1-11H2,(H2,17,18,20). The molecule has 5 heteroatoms. The van der Waals surface area contributed by atoms with Gasteiger partial charge in [-0.2, -0.15) is 11.8 Å². The first kappa shape index (κ1) is 15.5. The lowest BCUT2D eigenvalue weighted by molar-refractivity contribution is -0.0134. The van der Waals surface area contributed by atoms with Gasteiger partial charge >= 0.3 is 6.03 Å². The van der Waals surface area contributed by atoms with E-state index < -0.39 is 0 Å². The second-order valence-electron chi connectivity index (χ2n) is 7.27. The third kappa shape index (κ3) is 3.86. The van der Waals surface area contributed by atoms with Gasteiger partial charge in [0.2, 0.25) is 0 Å². The van der Waals surface area contributed by atoms with Gasteiger partial charge in [-0.3, -0.25) is 0 Å². The zero-order chi connectivity index (χ0) is 14.7. The molecule has 4 aliphatic carbocycles. The molecule has 3 N–H and O–H groups in total. The van der Waals surface area contributed by atoms with Gasteiger partial charge in [0.05, 0.1) is 0 Å². The molecule has 120 valence electrons. The monoisotopic (exact) mass is 312 g/mol.